The minimum atomic E-state index is 0.681. The van der Waals surface area contributed by atoms with Crippen LogP contribution >= 0.6 is 0 Å². The number of rotatable bonds is 7. The van der Waals surface area contributed by atoms with Crippen LogP contribution in [0.2, 0.25) is 0 Å². The second-order valence-electron chi connectivity index (χ2n) is 5.41. The third-order valence-electron chi connectivity index (χ3n) is 3.71. The van der Waals surface area contributed by atoms with Crippen molar-refractivity contribution in [2.45, 2.75) is 12.8 Å². The number of methoxy groups -OCH3 is 1. The molecule has 0 saturated heterocycles. The molecule has 0 amide bonds. The molecule has 0 spiro atoms. The normalized spacial score (nSPS) is 10.8. The molecule has 3 rings (SSSR count). The fourth-order valence-electron chi connectivity index (χ4n) is 2.54. The molecule has 4 nitrogen and oxygen atoms in total. The summed E-state index contributed by atoms with van der Waals surface area (Å²) in [5.41, 5.74) is 3.03. The van der Waals surface area contributed by atoms with Gasteiger partial charge in [-0.2, -0.15) is 0 Å². The van der Waals surface area contributed by atoms with Crippen molar-refractivity contribution in [2.24, 2.45) is 0 Å². The van der Waals surface area contributed by atoms with Gasteiger partial charge in [0.1, 0.15) is 0 Å². The highest BCUT2D eigenvalue weighted by Crippen LogP contribution is 2.26. The lowest BCUT2D eigenvalue weighted by Crippen LogP contribution is -2.07. The number of benzene rings is 2. The van der Waals surface area contributed by atoms with Crippen LogP contribution in [0.3, 0.4) is 0 Å². The molecule has 0 aliphatic heterocycles. The Hall–Kier alpha value is -2.46. The monoisotopic (exact) mass is 307 g/mol. The Kier molecular flexibility index (Phi) is 5.17. The van der Waals surface area contributed by atoms with Gasteiger partial charge < -0.3 is 10.1 Å². The molecule has 4 heteroatoms. The zero-order valence-electron chi connectivity index (χ0n) is 13.3. The van der Waals surface area contributed by atoms with Crippen LogP contribution in [0, 0.1) is 0 Å². The molecule has 118 valence electrons. The van der Waals surface area contributed by atoms with Crippen LogP contribution in [0.1, 0.15) is 12.8 Å². The number of nitrogens with zero attached hydrogens (tertiary/aromatic N) is 2. The molecule has 2 aromatic carbocycles. The summed E-state index contributed by atoms with van der Waals surface area (Å²) in [7, 11) is 1.73. The van der Waals surface area contributed by atoms with Crippen LogP contribution in [0.15, 0.2) is 54.6 Å². The molecule has 1 heterocycles. The molecule has 0 aliphatic carbocycles. The van der Waals surface area contributed by atoms with Gasteiger partial charge in [-0.3, -0.25) is 0 Å². The molecular formula is C19H21N3O. The summed E-state index contributed by atoms with van der Waals surface area (Å²) < 4.78 is 5.07. The van der Waals surface area contributed by atoms with E-state index in [4.69, 9.17) is 9.72 Å². The lowest BCUT2D eigenvalue weighted by Gasteiger charge is -2.10. The molecule has 1 aromatic heterocycles. The Morgan fingerprint density at radius 3 is 2.52 bits per heavy atom. The first-order valence-corrected chi connectivity index (χ1v) is 7.93. The second-order valence-corrected chi connectivity index (χ2v) is 5.41. The van der Waals surface area contributed by atoms with E-state index in [1.807, 2.05) is 36.4 Å². The van der Waals surface area contributed by atoms with E-state index < -0.39 is 0 Å². The number of nitrogens with one attached hydrogen (secondary N) is 1. The average Bonchev–Trinajstić information content (AvgIpc) is 2.61. The molecule has 0 radical (unpaired) electrons. The van der Waals surface area contributed by atoms with Gasteiger partial charge in [-0.25, -0.2) is 9.97 Å². The topological polar surface area (TPSA) is 47.0 Å². The summed E-state index contributed by atoms with van der Waals surface area (Å²) in [6, 6.07) is 18.4. The van der Waals surface area contributed by atoms with Gasteiger partial charge in [-0.1, -0.05) is 48.5 Å². The second kappa shape index (κ2) is 7.70. The number of unbranched alkanes of at least 4 members (excludes halogenated alkanes) is 1. The molecular weight excluding hydrogens is 286 g/mol. The standard InChI is InChI=1S/C19H21N3O/c1-23-14-8-7-13-20-19-21-17-12-6-5-11-16(17)18(22-19)15-9-3-2-4-10-15/h2-6,9-12H,7-8,13-14H2,1H3,(H,20,21,22). The van der Waals surface area contributed by atoms with Gasteiger partial charge in [0, 0.05) is 31.2 Å². The van der Waals surface area contributed by atoms with Gasteiger partial charge in [0.2, 0.25) is 5.95 Å². The van der Waals surface area contributed by atoms with E-state index in [9.17, 15) is 0 Å². The number of ether oxygens (including phenoxy) is 1. The van der Waals surface area contributed by atoms with Crippen molar-refractivity contribution in [3.63, 3.8) is 0 Å². The predicted molar refractivity (Wildman–Crippen MR) is 94.6 cm³/mol. The van der Waals surface area contributed by atoms with Crippen LogP contribution in [-0.2, 0) is 4.74 Å². The van der Waals surface area contributed by atoms with Crippen molar-refractivity contribution < 1.29 is 4.74 Å². The summed E-state index contributed by atoms with van der Waals surface area (Å²) in [6.07, 6.45) is 2.06. The largest absolute Gasteiger partial charge is 0.385 e. The molecule has 23 heavy (non-hydrogen) atoms. The summed E-state index contributed by atoms with van der Waals surface area (Å²) in [5, 5.41) is 4.40. The average molecular weight is 307 g/mol. The highest BCUT2D eigenvalue weighted by atomic mass is 16.5. The summed E-state index contributed by atoms with van der Waals surface area (Å²) in [4.78, 5) is 9.36. The van der Waals surface area contributed by atoms with E-state index in [0.29, 0.717) is 5.95 Å². The van der Waals surface area contributed by atoms with Gasteiger partial charge >= 0.3 is 0 Å². The molecule has 0 atom stereocenters. The minimum absolute atomic E-state index is 0.681. The maximum Gasteiger partial charge on any atom is 0.223 e. The van der Waals surface area contributed by atoms with Crippen LogP contribution in [0.5, 0.6) is 0 Å². The third-order valence-corrected chi connectivity index (χ3v) is 3.71. The third kappa shape index (κ3) is 3.85. The quantitative estimate of drug-likeness (QED) is 0.667. The first-order chi connectivity index (χ1) is 11.4. The Bertz CT molecular complexity index is 759. The van der Waals surface area contributed by atoms with E-state index >= 15 is 0 Å². The van der Waals surface area contributed by atoms with E-state index in [1.54, 1.807) is 7.11 Å². The predicted octanol–water partition coefficient (Wildman–Crippen LogP) is 4.14. The lowest BCUT2D eigenvalue weighted by molar-refractivity contribution is 0.193. The van der Waals surface area contributed by atoms with Gasteiger partial charge in [0.15, 0.2) is 0 Å². The van der Waals surface area contributed by atoms with Crippen molar-refractivity contribution >= 4 is 16.9 Å². The van der Waals surface area contributed by atoms with E-state index in [-0.39, 0.29) is 0 Å². The molecule has 1 N–H and O–H groups in total. The Morgan fingerprint density at radius 2 is 1.70 bits per heavy atom. The van der Waals surface area contributed by atoms with Crippen molar-refractivity contribution in [3.05, 3.63) is 54.6 Å². The van der Waals surface area contributed by atoms with Gasteiger partial charge in [-0.15, -0.1) is 0 Å². The SMILES string of the molecule is COCCCCNc1nc(-c2ccccc2)c2ccccc2n1. The maximum absolute atomic E-state index is 5.07. The highest BCUT2D eigenvalue weighted by molar-refractivity contribution is 5.93. The maximum atomic E-state index is 5.07. The summed E-state index contributed by atoms with van der Waals surface area (Å²) in [6.45, 7) is 1.63. The zero-order valence-corrected chi connectivity index (χ0v) is 13.3. The lowest BCUT2D eigenvalue weighted by atomic mass is 10.1. The van der Waals surface area contributed by atoms with Crippen molar-refractivity contribution in [1.82, 2.24) is 9.97 Å². The van der Waals surface area contributed by atoms with Crippen molar-refractivity contribution in [1.29, 1.82) is 0 Å². The fourth-order valence-corrected chi connectivity index (χ4v) is 2.54. The minimum Gasteiger partial charge on any atom is -0.385 e. The Balaban J connectivity index is 1.88. The van der Waals surface area contributed by atoms with E-state index in [0.717, 1.165) is 48.2 Å². The van der Waals surface area contributed by atoms with Crippen molar-refractivity contribution in [2.75, 3.05) is 25.6 Å². The first-order valence-electron chi connectivity index (χ1n) is 7.93. The first kappa shape index (κ1) is 15.4. The number of fused-ring (bicyclic) bond motifs is 1. The number of hydrogen-bond donors (Lipinski definition) is 1. The summed E-state index contributed by atoms with van der Waals surface area (Å²) in [5.74, 6) is 0.681. The number of anilines is 1. The molecule has 3 aromatic rings. The Labute approximate surface area is 136 Å². The number of hydrogen-bond acceptors (Lipinski definition) is 4. The fraction of sp³-hybridized carbons (Fsp3) is 0.263. The van der Waals surface area contributed by atoms with Crippen molar-refractivity contribution in [3.8, 4) is 11.3 Å². The van der Waals surface area contributed by atoms with E-state index in [1.165, 1.54) is 0 Å². The smallest absolute Gasteiger partial charge is 0.223 e. The molecule has 0 saturated carbocycles. The molecule has 0 fully saturated rings. The van der Waals surface area contributed by atoms with E-state index in [2.05, 4.69) is 28.5 Å². The molecule has 0 aliphatic rings. The van der Waals surface area contributed by atoms with Gasteiger partial charge in [0.05, 0.1) is 11.2 Å². The molecule has 0 unspecified atom stereocenters. The number of para-hydroxylation sites is 1. The molecule has 0 bridgehead atoms. The Morgan fingerprint density at radius 1 is 0.913 bits per heavy atom. The van der Waals surface area contributed by atoms with Gasteiger partial charge in [-0.05, 0) is 18.9 Å². The number of aromatic nitrogens is 2. The van der Waals surface area contributed by atoms with Crippen LogP contribution in [0.4, 0.5) is 5.95 Å². The van der Waals surface area contributed by atoms with Gasteiger partial charge in [0.25, 0.3) is 0 Å². The summed E-state index contributed by atoms with van der Waals surface area (Å²) >= 11 is 0. The zero-order chi connectivity index (χ0) is 15.9. The van der Waals surface area contributed by atoms with Crippen LogP contribution in [0.25, 0.3) is 22.2 Å². The van der Waals surface area contributed by atoms with Crippen LogP contribution < -0.4 is 5.32 Å². The highest BCUT2D eigenvalue weighted by Gasteiger charge is 2.08. The van der Waals surface area contributed by atoms with Crippen LogP contribution in [-0.4, -0.2) is 30.2 Å².